The van der Waals surface area contributed by atoms with Crippen LogP contribution in [0.4, 0.5) is 0 Å². The molecule has 1 saturated heterocycles. The molecule has 0 bridgehead atoms. The maximum absolute atomic E-state index is 9.43. The van der Waals surface area contributed by atoms with Crippen LogP contribution in [0.3, 0.4) is 0 Å². The van der Waals surface area contributed by atoms with Gasteiger partial charge in [0.05, 0.1) is 19.3 Å². The molecule has 19 heavy (non-hydrogen) atoms. The highest BCUT2D eigenvalue weighted by Gasteiger charge is 2.47. The highest BCUT2D eigenvalue weighted by molar-refractivity contribution is 5.10. The van der Waals surface area contributed by atoms with Crippen LogP contribution in [0.2, 0.25) is 0 Å². The van der Waals surface area contributed by atoms with Gasteiger partial charge in [-0.25, -0.2) is 0 Å². The van der Waals surface area contributed by atoms with E-state index in [4.69, 9.17) is 9.47 Å². The van der Waals surface area contributed by atoms with Crippen LogP contribution in [0, 0.1) is 17.2 Å². The number of hydrogen-bond donors (Lipinski definition) is 0. The predicted molar refractivity (Wildman–Crippen MR) is 73.4 cm³/mol. The SMILES string of the molecule is C=CCC1COC2(CCC(C#N)(N(C)C)CC2)OC1. The minimum Gasteiger partial charge on any atom is -0.350 e. The predicted octanol–water partition coefficient (Wildman–Crippen LogP) is 2.32. The van der Waals surface area contributed by atoms with Crippen molar-refractivity contribution in [3.05, 3.63) is 12.7 Å². The maximum Gasteiger partial charge on any atom is 0.168 e. The highest BCUT2D eigenvalue weighted by Crippen LogP contribution is 2.42. The second-order valence-corrected chi connectivity index (χ2v) is 5.96. The standard InChI is InChI=1S/C15H24N2O2/c1-4-5-13-10-18-15(19-11-13)8-6-14(12-16,7-9-15)17(2)3/h4,13H,1,5-11H2,2-3H3. The van der Waals surface area contributed by atoms with Crippen LogP contribution in [0.5, 0.6) is 0 Å². The molecule has 1 saturated carbocycles. The Bertz CT molecular complexity index is 355. The minimum absolute atomic E-state index is 0.351. The molecule has 2 rings (SSSR count). The van der Waals surface area contributed by atoms with Crippen LogP contribution >= 0.6 is 0 Å². The van der Waals surface area contributed by atoms with Gasteiger partial charge >= 0.3 is 0 Å². The molecule has 0 aromatic carbocycles. The summed E-state index contributed by atoms with van der Waals surface area (Å²) in [6.45, 7) is 5.24. The fourth-order valence-electron chi connectivity index (χ4n) is 2.99. The Morgan fingerprint density at radius 1 is 1.26 bits per heavy atom. The van der Waals surface area contributed by atoms with E-state index in [9.17, 15) is 5.26 Å². The molecule has 0 N–H and O–H groups in total. The molecular weight excluding hydrogens is 240 g/mol. The lowest BCUT2D eigenvalue weighted by atomic mass is 9.78. The molecule has 0 atom stereocenters. The van der Waals surface area contributed by atoms with Gasteiger partial charge in [0, 0.05) is 18.8 Å². The van der Waals surface area contributed by atoms with Crippen molar-refractivity contribution in [3.63, 3.8) is 0 Å². The summed E-state index contributed by atoms with van der Waals surface area (Å²) in [5.41, 5.74) is -0.351. The van der Waals surface area contributed by atoms with E-state index in [1.807, 2.05) is 25.1 Å². The van der Waals surface area contributed by atoms with Crippen LogP contribution < -0.4 is 0 Å². The Kier molecular flexibility index (Phi) is 4.29. The van der Waals surface area contributed by atoms with Gasteiger partial charge < -0.3 is 9.47 Å². The average Bonchev–Trinajstić information content (AvgIpc) is 2.43. The summed E-state index contributed by atoms with van der Waals surface area (Å²) in [5, 5.41) is 9.43. The molecule has 4 heteroatoms. The first-order chi connectivity index (χ1) is 9.06. The first-order valence-corrected chi connectivity index (χ1v) is 7.03. The van der Waals surface area contributed by atoms with Gasteiger partial charge in [0.15, 0.2) is 5.79 Å². The van der Waals surface area contributed by atoms with E-state index >= 15 is 0 Å². The van der Waals surface area contributed by atoms with E-state index < -0.39 is 5.79 Å². The molecule has 1 spiro atoms. The van der Waals surface area contributed by atoms with Gasteiger partial charge in [-0.1, -0.05) is 6.08 Å². The average molecular weight is 264 g/mol. The third-order valence-corrected chi connectivity index (χ3v) is 4.57. The number of allylic oxidation sites excluding steroid dienone is 1. The van der Waals surface area contributed by atoms with Gasteiger partial charge in [-0.3, -0.25) is 4.90 Å². The van der Waals surface area contributed by atoms with Gasteiger partial charge in [-0.05, 0) is 33.4 Å². The van der Waals surface area contributed by atoms with Gasteiger partial charge in [0.2, 0.25) is 0 Å². The lowest BCUT2D eigenvalue weighted by Gasteiger charge is -2.48. The highest BCUT2D eigenvalue weighted by atomic mass is 16.7. The molecule has 0 radical (unpaired) electrons. The van der Waals surface area contributed by atoms with Gasteiger partial charge in [-0.2, -0.15) is 5.26 Å². The molecule has 1 aliphatic carbocycles. The zero-order chi connectivity index (χ0) is 13.9. The summed E-state index contributed by atoms with van der Waals surface area (Å²) >= 11 is 0. The molecule has 0 aromatic heterocycles. The van der Waals surface area contributed by atoms with E-state index in [0.29, 0.717) is 5.92 Å². The van der Waals surface area contributed by atoms with Crippen molar-refractivity contribution in [1.29, 1.82) is 5.26 Å². The summed E-state index contributed by atoms with van der Waals surface area (Å²) < 4.78 is 12.0. The van der Waals surface area contributed by atoms with Gasteiger partial charge in [-0.15, -0.1) is 6.58 Å². The molecular formula is C15H24N2O2. The molecule has 0 aromatic rings. The summed E-state index contributed by atoms with van der Waals surface area (Å²) in [6.07, 6.45) is 6.09. The van der Waals surface area contributed by atoms with Crippen LogP contribution in [0.15, 0.2) is 12.7 Å². The van der Waals surface area contributed by atoms with Crippen molar-refractivity contribution in [1.82, 2.24) is 4.90 Å². The fraction of sp³-hybridized carbons (Fsp3) is 0.800. The lowest BCUT2D eigenvalue weighted by Crippen LogP contribution is -2.54. The van der Waals surface area contributed by atoms with E-state index in [0.717, 1.165) is 45.3 Å². The summed E-state index contributed by atoms with van der Waals surface area (Å²) in [4.78, 5) is 2.03. The number of nitriles is 1. The molecule has 1 aliphatic heterocycles. The summed E-state index contributed by atoms with van der Waals surface area (Å²) in [5.74, 6) is -0.00627. The molecule has 0 amide bonds. The van der Waals surface area contributed by atoms with E-state index in [1.54, 1.807) is 0 Å². The van der Waals surface area contributed by atoms with Crippen molar-refractivity contribution in [2.24, 2.45) is 5.92 Å². The quantitative estimate of drug-likeness (QED) is 0.734. The van der Waals surface area contributed by atoms with Crippen molar-refractivity contribution >= 4 is 0 Å². The van der Waals surface area contributed by atoms with E-state index in [2.05, 4.69) is 12.6 Å². The topological polar surface area (TPSA) is 45.5 Å². The fourth-order valence-corrected chi connectivity index (χ4v) is 2.99. The second-order valence-electron chi connectivity index (χ2n) is 5.96. The van der Waals surface area contributed by atoms with Crippen molar-refractivity contribution < 1.29 is 9.47 Å². The zero-order valence-corrected chi connectivity index (χ0v) is 12.0. The first-order valence-electron chi connectivity index (χ1n) is 7.03. The number of ether oxygens (including phenoxy) is 2. The number of nitrogens with zero attached hydrogens (tertiary/aromatic N) is 2. The van der Waals surface area contributed by atoms with Crippen LogP contribution in [0.1, 0.15) is 32.1 Å². The molecule has 106 valence electrons. The van der Waals surface area contributed by atoms with Crippen molar-refractivity contribution in [2.75, 3.05) is 27.3 Å². The molecule has 4 nitrogen and oxygen atoms in total. The maximum atomic E-state index is 9.43. The summed E-state index contributed by atoms with van der Waals surface area (Å²) in [6, 6.07) is 2.47. The normalized spacial score (nSPS) is 39.2. The van der Waals surface area contributed by atoms with Crippen LogP contribution in [0.25, 0.3) is 0 Å². The third kappa shape index (κ3) is 2.84. The Hall–Kier alpha value is -0.890. The Balaban J connectivity index is 1.93. The Labute approximate surface area is 116 Å². The van der Waals surface area contributed by atoms with Gasteiger partial charge in [0.25, 0.3) is 0 Å². The van der Waals surface area contributed by atoms with Crippen molar-refractivity contribution in [3.8, 4) is 6.07 Å². The smallest absolute Gasteiger partial charge is 0.168 e. The van der Waals surface area contributed by atoms with Gasteiger partial charge in [0.1, 0.15) is 5.54 Å². The second kappa shape index (κ2) is 5.62. The van der Waals surface area contributed by atoms with Crippen LogP contribution in [-0.2, 0) is 9.47 Å². The molecule has 1 heterocycles. The number of rotatable bonds is 3. The minimum atomic E-state index is -0.436. The monoisotopic (exact) mass is 264 g/mol. The lowest BCUT2D eigenvalue weighted by molar-refractivity contribution is -0.299. The Morgan fingerprint density at radius 3 is 2.26 bits per heavy atom. The first kappa shape index (κ1) is 14.5. The molecule has 2 fully saturated rings. The van der Waals surface area contributed by atoms with Crippen LogP contribution in [-0.4, -0.2) is 43.5 Å². The van der Waals surface area contributed by atoms with E-state index in [-0.39, 0.29) is 5.54 Å². The molecule has 2 aliphatic rings. The van der Waals surface area contributed by atoms with Crippen molar-refractivity contribution in [2.45, 2.75) is 43.4 Å². The van der Waals surface area contributed by atoms with E-state index in [1.165, 1.54) is 0 Å². The largest absolute Gasteiger partial charge is 0.350 e. The zero-order valence-electron chi connectivity index (χ0n) is 12.0. The summed E-state index contributed by atoms with van der Waals surface area (Å²) in [7, 11) is 3.95. The Morgan fingerprint density at radius 2 is 1.84 bits per heavy atom. The number of hydrogen-bond acceptors (Lipinski definition) is 4. The third-order valence-electron chi connectivity index (χ3n) is 4.57. The molecule has 0 unspecified atom stereocenters.